The maximum Gasteiger partial charge on any atom is 0.434 e. The summed E-state index contributed by atoms with van der Waals surface area (Å²) in [7, 11) is 0. The number of likely N-dealkylation sites (tertiary alicyclic amines) is 2. The zero-order chi connectivity index (χ0) is 23.6. The van der Waals surface area contributed by atoms with Gasteiger partial charge in [-0.3, -0.25) is 9.59 Å². The Morgan fingerprint density at radius 3 is 2.09 bits per heavy atom. The minimum atomic E-state index is -4.78. The van der Waals surface area contributed by atoms with E-state index in [-0.39, 0.29) is 30.6 Å². The minimum absolute atomic E-state index is 0.107. The van der Waals surface area contributed by atoms with E-state index in [0.29, 0.717) is 17.9 Å². The Morgan fingerprint density at radius 1 is 0.909 bits per heavy atom. The molecule has 178 valence electrons. The molecule has 3 heterocycles. The van der Waals surface area contributed by atoms with Gasteiger partial charge in [0.05, 0.1) is 17.4 Å². The van der Waals surface area contributed by atoms with Gasteiger partial charge in [-0.1, -0.05) is 24.4 Å². The quantitative estimate of drug-likeness (QED) is 0.631. The first kappa shape index (κ1) is 23.6. The van der Waals surface area contributed by atoms with Gasteiger partial charge in [0.2, 0.25) is 5.91 Å². The monoisotopic (exact) mass is 482 g/mol. The molecule has 2 amide bonds. The van der Waals surface area contributed by atoms with Crippen LogP contribution in [0, 0.1) is 5.92 Å². The van der Waals surface area contributed by atoms with Gasteiger partial charge in [0, 0.05) is 37.1 Å². The third-order valence-corrected chi connectivity index (χ3v) is 6.64. The van der Waals surface area contributed by atoms with E-state index in [0.717, 1.165) is 49.7 Å². The third-order valence-electron chi connectivity index (χ3n) is 6.39. The summed E-state index contributed by atoms with van der Waals surface area (Å²) >= 11 is 5.84. The molecule has 33 heavy (non-hydrogen) atoms. The average molecular weight is 483 g/mol. The molecule has 2 aromatic rings. The summed E-state index contributed by atoms with van der Waals surface area (Å²) in [4.78, 5) is 29.2. The molecular weight excluding hydrogens is 457 g/mol. The molecule has 6 nitrogen and oxygen atoms in total. The van der Waals surface area contributed by atoms with Gasteiger partial charge < -0.3 is 9.80 Å². The molecule has 1 aromatic heterocycles. The summed E-state index contributed by atoms with van der Waals surface area (Å²) < 4.78 is 42.5. The number of amides is 2. The summed E-state index contributed by atoms with van der Waals surface area (Å²) in [5.74, 6) is -0.801. The first-order valence-corrected chi connectivity index (χ1v) is 11.6. The molecular formula is C23H26ClF3N4O2. The van der Waals surface area contributed by atoms with Crippen LogP contribution in [0.25, 0.3) is 5.69 Å². The molecule has 0 N–H and O–H groups in total. The van der Waals surface area contributed by atoms with Gasteiger partial charge in [-0.15, -0.1) is 0 Å². The van der Waals surface area contributed by atoms with Gasteiger partial charge >= 0.3 is 6.18 Å². The number of piperidine rings is 1. The normalized spacial score (nSPS) is 18.3. The number of benzene rings is 1. The van der Waals surface area contributed by atoms with E-state index >= 15 is 0 Å². The highest BCUT2D eigenvalue weighted by molar-refractivity contribution is 6.30. The molecule has 0 unspecified atom stereocenters. The lowest BCUT2D eigenvalue weighted by Gasteiger charge is -2.34. The van der Waals surface area contributed by atoms with E-state index < -0.39 is 23.3 Å². The molecule has 2 aliphatic rings. The lowest BCUT2D eigenvalue weighted by atomic mass is 9.94. The number of halogens is 4. The molecule has 0 saturated carbocycles. The van der Waals surface area contributed by atoms with Crippen molar-refractivity contribution in [3.05, 3.63) is 46.7 Å². The van der Waals surface area contributed by atoms with Crippen molar-refractivity contribution >= 4 is 23.4 Å². The molecule has 10 heteroatoms. The second-order valence-electron chi connectivity index (χ2n) is 8.60. The molecule has 2 fully saturated rings. The van der Waals surface area contributed by atoms with E-state index in [2.05, 4.69) is 5.10 Å². The lowest BCUT2D eigenvalue weighted by Crippen LogP contribution is -2.45. The highest BCUT2D eigenvalue weighted by Crippen LogP contribution is 2.35. The molecule has 0 atom stereocenters. The van der Waals surface area contributed by atoms with Crippen LogP contribution in [-0.4, -0.2) is 57.6 Å². The molecule has 0 bridgehead atoms. The fourth-order valence-electron chi connectivity index (χ4n) is 4.60. The Morgan fingerprint density at radius 2 is 1.52 bits per heavy atom. The van der Waals surface area contributed by atoms with Crippen LogP contribution in [-0.2, 0) is 11.0 Å². The Bertz CT molecular complexity index is 990. The Balaban J connectivity index is 1.48. The van der Waals surface area contributed by atoms with E-state index in [9.17, 15) is 22.8 Å². The smallest absolute Gasteiger partial charge is 0.342 e. The van der Waals surface area contributed by atoms with Crippen LogP contribution in [0.2, 0.25) is 5.02 Å². The van der Waals surface area contributed by atoms with Crippen molar-refractivity contribution < 1.29 is 22.8 Å². The molecule has 4 rings (SSSR count). The summed E-state index contributed by atoms with van der Waals surface area (Å²) in [5.41, 5.74) is -1.44. The fourth-order valence-corrected chi connectivity index (χ4v) is 4.73. The van der Waals surface area contributed by atoms with Crippen molar-refractivity contribution in [2.75, 3.05) is 26.2 Å². The van der Waals surface area contributed by atoms with Crippen molar-refractivity contribution in [2.24, 2.45) is 5.92 Å². The van der Waals surface area contributed by atoms with Crippen LogP contribution in [0.15, 0.2) is 30.5 Å². The highest BCUT2D eigenvalue weighted by atomic mass is 35.5. The number of carbonyl (C=O) groups excluding carboxylic acids is 2. The number of aromatic nitrogens is 2. The van der Waals surface area contributed by atoms with Crippen LogP contribution in [0.3, 0.4) is 0 Å². The molecule has 0 aliphatic carbocycles. The van der Waals surface area contributed by atoms with Gasteiger partial charge in [0.15, 0.2) is 5.69 Å². The summed E-state index contributed by atoms with van der Waals surface area (Å²) in [5, 5.41) is 4.24. The van der Waals surface area contributed by atoms with E-state index in [1.807, 2.05) is 4.90 Å². The maximum absolute atomic E-state index is 13.9. The number of alkyl halides is 3. The predicted molar refractivity (Wildman–Crippen MR) is 117 cm³/mol. The van der Waals surface area contributed by atoms with Crippen molar-refractivity contribution in [1.82, 2.24) is 19.6 Å². The Labute approximate surface area is 195 Å². The molecule has 2 saturated heterocycles. The van der Waals surface area contributed by atoms with Gasteiger partial charge in [-0.25, -0.2) is 4.68 Å². The van der Waals surface area contributed by atoms with Crippen LogP contribution in [0.4, 0.5) is 13.2 Å². The van der Waals surface area contributed by atoms with Crippen molar-refractivity contribution in [1.29, 1.82) is 0 Å². The Kier molecular flexibility index (Phi) is 6.97. The largest absolute Gasteiger partial charge is 0.434 e. The summed E-state index contributed by atoms with van der Waals surface area (Å²) in [6.07, 6.45) is 1.35. The Hall–Kier alpha value is -2.55. The number of nitrogens with zero attached hydrogens (tertiary/aromatic N) is 4. The van der Waals surface area contributed by atoms with Gasteiger partial charge in [0.1, 0.15) is 0 Å². The number of rotatable bonds is 3. The number of hydrogen-bond donors (Lipinski definition) is 0. The van der Waals surface area contributed by atoms with Crippen molar-refractivity contribution in [2.45, 2.75) is 44.7 Å². The first-order chi connectivity index (χ1) is 15.8. The van der Waals surface area contributed by atoms with Crippen LogP contribution in [0.1, 0.15) is 54.6 Å². The predicted octanol–water partition coefficient (Wildman–Crippen LogP) is 4.80. The SMILES string of the molecule is O=C(c1cnn(-c2ccc(Cl)cc2)c1C(F)(F)F)N1CCC(C(=O)N2CCCCCC2)CC1. The van der Waals surface area contributed by atoms with Gasteiger partial charge in [-0.05, 0) is 49.9 Å². The van der Waals surface area contributed by atoms with Crippen LogP contribution in [0.5, 0.6) is 0 Å². The van der Waals surface area contributed by atoms with Crippen LogP contribution < -0.4 is 0 Å². The molecule has 2 aliphatic heterocycles. The fraction of sp³-hybridized carbons (Fsp3) is 0.522. The second-order valence-corrected chi connectivity index (χ2v) is 9.04. The zero-order valence-electron chi connectivity index (χ0n) is 18.2. The topological polar surface area (TPSA) is 58.4 Å². The van der Waals surface area contributed by atoms with Crippen molar-refractivity contribution in [3.8, 4) is 5.69 Å². The molecule has 0 radical (unpaired) electrons. The summed E-state index contributed by atoms with van der Waals surface area (Å²) in [6.45, 7) is 2.01. The second kappa shape index (κ2) is 9.75. The standard InChI is InChI=1S/C23H26ClF3N4O2/c24-17-5-7-18(8-6-17)31-20(23(25,26)27)19(15-28-31)22(33)30-13-9-16(10-14-30)21(32)29-11-3-1-2-4-12-29/h5-8,15-16H,1-4,9-14H2. The molecule has 0 spiro atoms. The number of hydrogen-bond acceptors (Lipinski definition) is 3. The first-order valence-electron chi connectivity index (χ1n) is 11.2. The summed E-state index contributed by atoms with van der Waals surface area (Å²) in [6, 6.07) is 5.76. The number of carbonyl (C=O) groups is 2. The van der Waals surface area contributed by atoms with E-state index in [1.165, 1.54) is 29.2 Å². The average Bonchev–Trinajstić information content (AvgIpc) is 3.08. The third kappa shape index (κ3) is 5.18. The van der Waals surface area contributed by atoms with E-state index in [1.54, 1.807) is 0 Å². The zero-order valence-corrected chi connectivity index (χ0v) is 18.9. The van der Waals surface area contributed by atoms with Gasteiger partial charge in [0.25, 0.3) is 5.91 Å². The highest BCUT2D eigenvalue weighted by Gasteiger charge is 2.42. The molecule has 1 aromatic carbocycles. The minimum Gasteiger partial charge on any atom is -0.342 e. The van der Waals surface area contributed by atoms with Crippen molar-refractivity contribution in [3.63, 3.8) is 0 Å². The maximum atomic E-state index is 13.9. The van der Waals surface area contributed by atoms with Gasteiger partial charge in [-0.2, -0.15) is 18.3 Å². The van der Waals surface area contributed by atoms with E-state index in [4.69, 9.17) is 11.6 Å². The van der Waals surface area contributed by atoms with Crippen LogP contribution >= 0.6 is 11.6 Å². The lowest BCUT2D eigenvalue weighted by molar-refractivity contribution is -0.143.